The van der Waals surface area contributed by atoms with Gasteiger partial charge < -0.3 is 10.4 Å². The topological polar surface area (TPSA) is 49.3 Å². The number of hydrogen-bond acceptors (Lipinski definition) is 2. The first-order chi connectivity index (χ1) is 9.61. The van der Waals surface area contributed by atoms with Gasteiger partial charge in [-0.2, -0.15) is 0 Å². The van der Waals surface area contributed by atoms with E-state index in [-0.39, 0.29) is 11.7 Å². The quantitative estimate of drug-likeness (QED) is 0.836. The molecular formula is C16H22ClNO2. The maximum absolute atomic E-state index is 12.2. The molecule has 1 aliphatic rings. The fraction of sp³-hybridized carbons (Fsp3) is 0.562. The lowest BCUT2D eigenvalue weighted by atomic mass is 9.80. The molecule has 0 heterocycles. The number of halogens is 1. The molecule has 1 fully saturated rings. The average molecular weight is 296 g/mol. The molecule has 1 aromatic rings. The van der Waals surface area contributed by atoms with Crippen molar-refractivity contribution in [1.29, 1.82) is 0 Å². The van der Waals surface area contributed by atoms with Crippen molar-refractivity contribution in [2.45, 2.75) is 32.6 Å². The molecule has 2 N–H and O–H groups in total. The lowest BCUT2D eigenvalue weighted by Gasteiger charge is -2.30. The Kier molecular flexibility index (Phi) is 5.30. The van der Waals surface area contributed by atoms with Gasteiger partial charge in [0.2, 0.25) is 0 Å². The number of phenols is 1. The summed E-state index contributed by atoms with van der Waals surface area (Å²) in [6.07, 6.45) is 4.79. The normalized spacial score (nSPS) is 22.5. The van der Waals surface area contributed by atoms with E-state index in [0.717, 1.165) is 12.0 Å². The van der Waals surface area contributed by atoms with Gasteiger partial charge in [-0.3, -0.25) is 4.79 Å². The average Bonchev–Trinajstić information content (AvgIpc) is 2.45. The molecule has 0 bridgehead atoms. The first-order valence-corrected chi connectivity index (χ1v) is 7.79. The number of alkyl halides is 1. The zero-order valence-electron chi connectivity index (χ0n) is 11.9. The van der Waals surface area contributed by atoms with Gasteiger partial charge in [0.05, 0.1) is 0 Å². The van der Waals surface area contributed by atoms with Crippen LogP contribution in [0.1, 0.15) is 41.6 Å². The summed E-state index contributed by atoms with van der Waals surface area (Å²) >= 11 is 6.01. The molecule has 2 rings (SSSR count). The monoisotopic (exact) mass is 295 g/mol. The van der Waals surface area contributed by atoms with E-state index >= 15 is 0 Å². The summed E-state index contributed by atoms with van der Waals surface area (Å²) in [5.41, 5.74) is 1.42. The van der Waals surface area contributed by atoms with Crippen LogP contribution in [-0.2, 0) is 0 Å². The van der Waals surface area contributed by atoms with E-state index in [1.165, 1.54) is 19.3 Å². The number of aromatic hydroxyl groups is 1. The molecule has 1 saturated carbocycles. The summed E-state index contributed by atoms with van der Waals surface area (Å²) in [4.78, 5) is 12.2. The molecule has 4 heteroatoms. The van der Waals surface area contributed by atoms with Gasteiger partial charge in [-0.25, -0.2) is 0 Å². The number of nitrogens with one attached hydrogen (secondary N) is 1. The van der Waals surface area contributed by atoms with Crippen molar-refractivity contribution < 1.29 is 9.90 Å². The smallest absolute Gasteiger partial charge is 0.251 e. The highest BCUT2D eigenvalue weighted by Gasteiger charge is 2.24. The molecule has 110 valence electrons. The van der Waals surface area contributed by atoms with E-state index < -0.39 is 0 Å². The van der Waals surface area contributed by atoms with Crippen molar-refractivity contribution in [3.8, 4) is 5.75 Å². The van der Waals surface area contributed by atoms with Crippen molar-refractivity contribution in [1.82, 2.24) is 5.32 Å². The fourth-order valence-electron chi connectivity index (χ4n) is 2.98. The molecule has 0 aromatic heterocycles. The number of rotatable bonds is 4. The maximum atomic E-state index is 12.2. The van der Waals surface area contributed by atoms with Gasteiger partial charge in [-0.15, -0.1) is 11.6 Å². The highest BCUT2D eigenvalue weighted by molar-refractivity contribution is 6.18. The molecule has 2 atom stereocenters. The molecule has 1 aromatic carbocycles. The minimum Gasteiger partial charge on any atom is -0.508 e. The van der Waals surface area contributed by atoms with Gasteiger partial charge in [-0.1, -0.05) is 12.8 Å². The number of aryl methyl sites for hydroxylation is 1. The third kappa shape index (κ3) is 3.66. The van der Waals surface area contributed by atoms with Crippen LogP contribution in [0.15, 0.2) is 18.2 Å². The van der Waals surface area contributed by atoms with Crippen LogP contribution in [0.5, 0.6) is 5.75 Å². The van der Waals surface area contributed by atoms with E-state index in [1.54, 1.807) is 18.2 Å². The molecule has 0 spiro atoms. The summed E-state index contributed by atoms with van der Waals surface area (Å²) in [7, 11) is 0. The van der Waals surface area contributed by atoms with Crippen LogP contribution >= 0.6 is 11.6 Å². The van der Waals surface area contributed by atoms with Crippen LogP contribution in [0.3, 0.4) is 0 Å². The minimum absolute atomic E-state index is 0.0682. The Morgan fingerprint density at radius 3 is 2.70 bits per heavy atom. The Balaban J connectivity index is 1.94. The van der Waals surface area contributed by atoms with Gasteiger partial charge in [0.15, 0.2) is 0 Å². The van der Waals surface area contributed by atoms with E-state index in [9.17, 15) is 9.90 Å². The predicted octanol–water partition coefficient (Wildman–Crippen LogP) is 3.48. The Labute approximate surface area is 125 Å². The van der Waals surface area contributed by atoms with Crippen molar-refractivity contribution >= 4 is 17.5 Å². The Morgan fingerprint density at radius 1 is 1.35 bits per heavy atom. The van der Waals surface area contributed by atoms with E-state index in [0.29, 0.717) is 29.8 Å². The fourth-order valence-corrected chi connectivity index (χ4v) is 3.38. The van der Waals surface area contributed by atoms with Crippen molar-refractivity contribution in [2.24, 2.45) is 11.8 Å². The van der Waals surface area contributed by atoms with E-state index in [4.69, 9.17) is 11.6 Å². The SMILES string of the molecule is Cc1cc(O)ccc1C(=O)NCC1CCCCC1CCl. The van der Waals surface area contributed by atoms with Gasteiger partial charge in [0.25, 0.3) is 5.91 Å². The summed E-state index contributed by atoms with van der Waals surface area (Å²) < 4.78 is 0. The molecule has 1 amide bonds. The molecule has 1 aliphatic carbocycles. The maximum Gasteiger partial charge on any atom is 0.251 e. The Morgan fingerprint density at radius 2 is 2.05 bits per heavy atom. The third-order valence-corrected chi connectivity index (χ3v) is 4.64. The van der Waals surface area contributed by atoms with Crippen molar-refractivity contribution in [3.05, 3.63) is 29.3 Å². The number of benzene rings is 1. The lowest BCUT2D eigenvalue weighted by Crippen LogP contribution is -2.35. The number of phenolic OH excluding ortho intramolecular Hbond substituents is 1. The second-order valence-corrected chi connectivity index (χ2v) is 5.98. The van der Waals surface area contributed by atoms with Gasteiger partial charge in [0.1, 0.15) is 5.75 Å². The number of hydrogen-bond donors (Lipinski definition) is 2. The summed E-state index contributed by atoms with van der Waals surface area (Å²) in [5.74, 6) is 1.81. The van der Waals surface area contributed by atoms with Gasteiger partial charge >= 0.3 is 0 Å². The van der Waals surface area contributed by atoms with Gasteiger partial charge in [0, 0.05) is 18.0 Å². The predicted molar refractivity (Wildman–Crippen MR) is 81.3 cm³/mol. The Bertz CT molecular complexity index is 476. The molecule has 3 nitrogen and oxygen atoms in total. The largest absolute Gasteiger partial charge is 0.508 e. The number of carbonyl (C=O) groups is 1. The molecule has 0 aliphatic heterocycles. The number of amides is 1. The zero-order chi connectivity index (χ0) is 14.5. The standard InChI is InChI=1S/C16H22ClNO2/c1-11-8-14(19)6-7-15(11)16(20)18-10-13-5-3-2-4-12(13)9-17/h6-8,12-13,19H,2-5,9-10H2,1H3,(H,18,20). The van der Waals surface area contributed by atoms with Crippen molar-refractivity contribution in [2.75, 3.05) is 12.4 Å². The van der Waals surface area contributed by atoms with Crippen LogP contribution < -0.4 is 5.32 Å². The van der Waals surface area contributed by atoms with Crippen LogP contribution in [0.4, 0.5) is 0 Å². The Hall–Kier alpha value is -1.22. The first-order valence-electron chi connectivity index (χ1n) is 7.25. The van der Waals surface area contributed by atoms with Crippen LogP contribution in [-0.4, -0.2) is 23.4 Å². The number of carbonyl (C=O) groups excluding carboxylic acids is 1. The zero-order valence-corrected chi connectivity index (χ0v) is 12.6. The van der Waals surface area contributed by atoms with Gasteiger partial charge in [-0.05, 0) is 55.4 Å². The third-order valence-electron chi connectivity index (χ3n) is 4.24. The van der Waals surface area contributed by atoms with E-state index in [2.05, 4.69) is 5.32 Å². The summed E-state index contributed by atoms with van der Waals surface area (Å²) in [6, 6.07) is 4.82. The lowest BCUT2D eigenvalue weighted by molar-refractivity contribution is 0.0936. The summed E-state index contributed by atoms with van der Waals surface area (Å²) in [6.45, 7) is 2.52. The molecular weight excluding hydrogens is 274 g/mol. The second-order valence-electron chi connectivity index (χ2n) is 5.67. The second kappa shape index (κ2) is 6.98. The highest BCUT2D eigenvalue weighted by atomic mass is 35.5. The van der Waals surface area contributed by atoms with Crippen molar-refractivity contribution in [3.63, 3.8) is 0 Å². The minimum atomic E-state index is -0.0682. The van der Waals surface area contributed by atoms with E-state index in [1.807, 2.05) is 6.92 Å². The van der Waals surface area contributed by atoms with Crippen LogP contribution in [0.2, 0.25) is 0 Å². The van der Waals surface area contributed by atoms with Crippen LogP contribution in [0.25, 0.3) is 0 Å². The highest BCUT2D eigenvalue weighted by Crippen LogP contribution is 2.30. The molecule has 20 heavy (non-hydrogen) atoms. The summed E-state index contributed by atoms with van der Waals surface area (Å²) in [5, 5.41) is 12.4. The molecule has 0 saturated heterocycles. The molecule has 2 unspecified atom stereocenters. The first kappa shape index (κ1) is 15.2. The van der Waals surface area contributed by atoms with Crippen LogP contribution in [0, 0.1) is 18.8 Å². The molecule has 0 radical (unpaired) electrons.